The van der Waals surface area contributed by atoms with Crippen LogP contribution in [0.25, 0.3) is 0 Å². The predicted molar refractivity (Wildman–Crippen MR) is 121 cm³/mol. The number of nitrogens with one attached hydrogen (secondary N) is 1. The zero-order valence-corrected chi connectivity index (χ0v) is 17.5. The second-order valence-electron chi connectivity index (χ2n) is 7.99. The van der Waals surface area contributed by atoms with E-state index >= 15 is 0 Å². The molecule has 2 aliphatic heterocycles. The van der Waals surface area contributed by atoms with E-state index in [1.165, 1.54) is 51.4 Å². The molecule has 0 saturated carbocycles. The maximum absolute atomic E-state index is 9.92. The normalized spacial score (nSPS) is 18.3. The van der Waals surface area contributed by atoms with Crippen LogP contribution in [0.5, 0.6) is 5.75 Å². The Hall–Kier alpha value is -2.90. The number of hydrazone groups is 1. The first-order valence-corrected chi connectivity index (χ1v) is 11.1. The lowest BCUT2D eigenvalue weighted by atomic mass is 10.2. The summed E-state index contributed by atoms with van der Waals surface area (Å²) in [7, 11) is 0. The summed E-state index contributed by atoms with van der Waals surface area (Å²) in [5, 5.41) is 14.2. The molecule has 0 spiro atoms. The molecule has 0 bridgehead atoms. The molecule has 8 heteroatoms. The lowest BCUT2D eigenvalue weighted by molar-refractivity contribution is 0.474. The number of benzene rings is 1. The monoisotopic (exact) mass is 409 g/mol. The molecule has 2 fully saturated rings. The molecule has 1 aromatic carbocycles. The zero-order chi connectivity index (χ0) is 20.6. The van der Waals surface area contributed by atoms with Gasteiger partial charge in [0.2, 0.25) is 17.8 Å². The van der Waals surface area contributed by atoms with Gasteiger partial charge >= 0.3 is 0 Å². The molecular weight excluding hydrogens is 378 g/mol. The van der Waals surface area contributed by atoms with Gasteiger partial charge in [0.25, 0.3) is 0 Å². The summed E-state index contributed by atoms with van der Waals surface area (Å²) in [6.07, 6.45) is 11.3. The first-order chi connectivity index (χ1) is 14.8. The smallest absolute Gasteiger partial charge is 0.250 e. The van der Waals surface area contributed by atoms with Gasteiger partial charge in [-0.2, -0.15) is 20.1 Å². The van der Waals surface area contributed by atoms with E-state index in [1.807, 2.05) is 6.07 Å². The van der Waals surface area contributed by atoms with E-state index in [0.717, 1.165) is 38.1 Å². The maximum Gasteiger partial charge on any atom is 0.250 e. The van der Waals surface area contributed by atoms with Crippen molar-refractivity contribution in [2.75, 3.05) is 41.4 Å². The van der Waals surface area contributed by atoms with Gasteiger partial charge in [-0.15, -0.1) is 0 Å². The molecule has 2 saturated heterocycles. The summed E-state index contributed by atoms with van der Waals surface area (Å²) >= 11 is 0. The van der Waals surface area contributed by atoms with Crippen LogP contribution in [0.2, 0.25) is 0 Å². The van der Waals surface area contributed by atoms with Gasteiger partial charge in [0.1, 0.15) is 5.75 Å². The van der Waals surface area contributed by atoms with Gasteiger partial charge in [-0.1, -0.05) is 37.8 Å². The fraction of sp³-hybridized carbons (Fsp3) is 0.545. The molecule has 160 valence electrons. The van der Waals surface area contributed by atoms with E-state index in [-0.39, 0.29) is 5.75 Å². The topological polar surface area (TPSA) is 89.8 Å². The summed E-state index contributed by atoms with van der Waals surface area (Å²) < 4.78 is 0. The van der Waals surface area contributed by atoms with E-state index in [4.69, 9.17) is 4.98 Å². The van der Waals surface area contributed by atoms with Crippen LogP contribution >= 0.6 is 0 Å². The Balaban J connectivity index is 1.58. The average Bonchev–Trinajstić information content (AvgIpc) is 3.21. The fourth-order valence-corrected chi connectivity index (χ4v) is 3.98. The molecule has 2 N–H and O–H groups in total. The summed E-state index contributed by atoms with van der Waals surface area (Å²) in [4.78, 5) is 18.7. The molecule has 0 unspecified atom stereocenters. The quantitative estimate of drug-likeness (QED) is 0.574. The molecule has 30 heavy (non-hydrogen) atoms. The summed E-state index contributed by atoms with van der Waals surface area (Å²) in [5.74, 6) is 2.09. The number of phenolic OH excluding ortho intramolecular Hbond substituents is 1. The van der Waals surface area contributed by atoms with Gasteiger partial charge in [-0.05, 0) is 37.8 Å². The number of aromatic hydroxyl groups is 1. The first kappa shape index (κ1) is 20.4. The van der Waals surface area contributed by atoms with E-state index in [9.17, 15) is 5.11 Å². The fourth-order valence-electron chi connectivity index (χ4n) is 3.98. The van der Waals surface area contributed by atoms with E-state index in [1.54, 1.807) is 24.4 Å². The third-order valence-corrected chi connectivity index (χ3v) is 5.69. The lowest BCUT2D eigenvalue weighted by Crippen LogP contribution is -2.30. The molecule has 1 aromatic heterocycles. The number of rotatable bonds is 5. The van der Waals surface area contributed by atoms with Gasteiger partial charge in [-0.25, -0.2) is 5.43 Å². The summed E-state index contributed by atoms with van der Waals surface area (Å²) in [6, 6.07) is 7.09. The van der Waals surface area contributed by atoms with Crippen molar-refractivity contribution < 1.29 is 5.11 Å². The van der Waals surface area contributed by atoms with Crippen molar-refractivity contribution in [2.45, 2.75) is 51.4 Å². The largest absolute Gasteiger partial charge is 0.507 e. The SMILES string of the molecule is Oc1ccccc1C=NNc1nc(N2CCCCCC2)nc(N2CCCCCC2)n1. The van der Waals surface area contributed by atoms with Crippen molar-refractivity contribution in [2.24, 2.45) is 5.10 Å². The van der Waals surface area contributed by atoms with Crippen LogP contribution in [0.3, 0.4) is 0 Å². The van der Waals surface area contributed by atoms with Gasteiger partial charge in [0.15, 0.2) is 0 Å². The standard InChI is InChI=1S/C22H31N7O/c30-19-12-6-5-11-18(19)17-23-27-20-24-21(28-13-7-1-2-8-14-28)26-22(25-20)29-15-9-3-4-10-16-29/h5-6,11-12,17,30H,1-4,7-10,13-16H2,(H,24,25,26,27). The van der Waals surface area contributed by atoms with Crippen molar-refractivity contribution in [3.8, 4) is 5.75 Å². The highest BCUT2D eigenvalue weighted by atomic mass is 16.3. The van der Waals surface area contributed by atoms with Crippen LogP contribution in [0, 0.1) is 0 Å². The minimum absolute atomic E-state index is 0.189. The number of anilines is 3. The average molecular weight is 410 g/mol. The number of para-hydroxylation sites is 1. The number of nitrogens with zero attached hydrogens (tertiary/aromatic N) is 6. The van der Waals surface area contributed by atoms with Crippen molar-refractivity contribution >= 4 is 24.1 Å². The third kappa shape index (κ3) is 5.37. The molecular formula is C22H31N7O. The number of aromatic nitrogens is 3. The Morgan fingerprint density at radius 2 is 1.30 bits per heavy atom. The molecule has 0 atom stereocenters. The number of hydrogen-bond acceptors (Lipinski definition) is 8. The summed E-state index contributed by atoms with van der Waals surface area (Å²) in [6.45, 7) is 3.90. The molecule has 4 rings (SSSR count). The van der Waals surface area contributed by atoms with E-state index < -0.39 is 0 Å². The Morgan fingerprint density at radius 3 is 1.83 bits per heavy atom. The molecule has 0 amide bonds. The predicted octanol–water partition coefficient (Wildman–Crippen LogP) is 3.78. The van der Waals surface area contributed by atoms with Crippen LogP contribution in [0.15, 0.2) is 29.4 Å². The second kappa shape index (κ2) is 10.2. The van der Waals surface area contributed by atoms with Gasteiger partial charge in [0, 0.05) is 31.7 Å². The van der Waals surface area contributed by atoms with Crippen molar-refractivity contribution in [3.63, 3.8) is 0 Å². The minimum atomic E-state index is 0.189. The zero-order valence-electron chi connectivity index (χ0n) is 17.5. The Kier molecular flexibility index (Phi) is 6.95. The number of phenols is 1. The Labute approximate surface area is 178 Å². The summed E-state index contributed by atoms with van der Waals surface area (Å²) in [5.41, 5.74) is 3.59. The minimum Gasteiger partial charge on any atom is -0.507 e. The maximum atomic E-state index is 9.92. The first-order valence-electron chi connectivity index (χ1n) is 11.1. The Bertz CT molecular complexity index is 803. The van der Waals surface area contributed by atoms with Crippen LogP contribution in [-0.2, 0) is 0 Å². The molecule has 0 aliphatic carbocycles. The third-order valence-electron chi connectivity index (χ3n) is 5.69. The van der Waals surface area contributed by atoms with Gasteiger partial charge < -0.3 is 14.9 Å². The molecule has 2 aromatic rings. The van der Waals surface area contributed by atoms with Crippen molar-refractivity contribution in [1.29, 1.82) is 0 Å². The highest BCUT2D eigenvalue weighted by Crippen LogP contribution is 2.22. The van der Waals surface area contributed by atoms with Crippen molar-refractivity contribution in [1.82, 2.24) is 15.0 Å². The Morgan fingerprint density at radius 1 is 0.767 bits per heavy atom. The van der Waals surface area contributed by atoms with Crippen LogP contribution in [0.4, 0.5) is 17.8 Å². The second-order valence-corrected chi connectivity index (χ2v) is 7.99. The van der Waals surface area contributed by atoms with Crippen LogP contribution in [0.1, 0.15) is 56.9 Å². The van der Waals surface area contributed by atoms with E-state index in [2.05, 4.69) is 30.3 Å². The van der Waals surface area contributed by atoms with Crippen LogP contribution in [-0.4, -0.2) is 52.5 Å². The molecule has 3 heterocycles. The molecule has 8 nitrogen and oxygen atoms in total. The van der Waals surface area contributed by atoms with E-state index in [0.29, 0.717) is 11.5 Å². The van der Waals surface area contributed by atoms with Gasteiger partial charge in [-0.3, -0.25) is 0 Å². The lowest BCUT2D eigenvalue weighted by Gasteiger charge is -2.24. The van der Waals surface area contributed by atoms with Crippen LogP contribution < -0.4 is 15.2 Å². The van der Waals surface area contributed by atoms with Crippen molar-refractivity contribution in [3.05, 3.63) is 29.8 Å². The molecule has 0 radical (unpaired) electrons. The highest BCUT2D eigenvalue weighted by Gasteiger charge is 2.19. The van der Waals surface area contributed by atoms with Gasteiger partial charge in [0.05, 0.1) is 6.21 Å². The highest BCUT2D eigenvalue weighted by molar-refractivity contribution is 5.83. The number of hydrogen-bond donors (Lipinski definition) is 2. The molecule has 2 aliphatic rings.